The van der Waals surface area contributed by atoms with Gasteiger partial charge in [-0.3, -0.25) is 14.8 Å². The zero-order valence-corrected chi connectivity index (χ0v) is 36.9. The molecule has 0 amide bonds. The summed E-state index contributed by atoms with van der Waals surface area (Å²) in [6.07, 6.45) is 7.36. The molecule has 63 heavy (non-hydrogen) atoms. The summed E-state index contributed by atoms with van der Waals surface area (Å²) in [5.74, 6) is 0.827. The van der Waals surface area contributed by atoms with Gasteiger partial charge in [0.05, 0.1) is 34.2 Å². The van der Waals surface area contributed by atoms with Crippen LogP contribution in [0.2, 0.25) is 10.0 Å². The summed E-state index contributed by atoms with van der Waals surface area (Å²) in [7, 11) is 0. The van der Waals surface area contributed by atoms with Gasteiger partial charge >= 0.3 is 5.97 Å². The third kappa shape index (κ3) is 11.3. The van der Waals surface area contributed by atoms with E-state index in [-0.39, 0.29) is 39.3 Å². The molecular weight excluding hydrogens is 839 g/mol. The number of carbonyl (C=O) groups is 1. The summed E-state index contributed by atoms with van der Waals surface area (Å²) in [4.78, 5) is 23.6. The second-order valence-corrected chi connectivity index (χ2v) is 16.2. The van der Waals surface area contributed by atoms with E-state index in [1.807, 2.05) is 50.2 Å². The Morgan fingerprint density at radius 1 is 0.746 bits per heavy atom. The van der Waals surface area contributed by atoms with E-state index in [9.17, 15) is 20.3 Å². The van der Waals surface area contributed by atoms with E-state index >= 15 is 0 Å². The van der Waals surface area contributed by atoms with Crippen LogP contribution in [0.1, 0.15) is 70.3 Å². The highest BCUT2D eigenvalue weighted by molar-refractivity contribution is 6.32. The monoisotopic (exact) mass is 884 g/mol. The van der Waals surface area contributed by atoms with E-state index in [4.69, 9.17) is 48.7 Å². The highest BCUT2D eigenvalue weighted by Crippen LogP contribution is 2.38. The van der Waals surface area contributed by atoms with Crippen molar-refractivity contribution >= 4 is 34.9 Å². The molecular formula is C50H46Cl2N4O7. The molecule has 2 N–H and O–H groups in total. The summed E-state index contributed by atoms with van der Waals surface area (Å²) >= 11 is 13.5. The van der Waals surface area contributed by atoms with Crippen LogP contribution in [-0.2, 0) is 44.1 Å². The molecule has 0 spiro atoms. The van der Waals surface area contributed by atoms with Crippen LogP contribution >= 0.6 is 23.2 Å². The number of halogens is 2. The number of aliphatic hydroxyl groups is 1. The molecule has 2 heterocycles. The van der Waals surface area contributed by atoms with Crippen LogP contribution in [0.3, 0.4) is 0 Å². The third-order valence-corrected chi connectivity index (χ3v) is 11.6. The van der Waals surface area contributed by atoms with Crippen LogP contribution in [0.25, 0.3) is 16.0 Å². The van der Waals surface area contributed by atoms with E-state index < -0.39 is 18.0 Å². The molecule has 1 atom stereocenters. The smallest absolute Gasteiger partial charge is 0.311 e. The zero-order chi connectivity index (χ0) is 45.1. The van der Waals surface area contributed by atoms with Crippen molar-refractivity contribution in [3.05, 3.63) is 169 Å². The molecule has 11 nitrogen and oxygen atoms in total. The lowest BCUT2D eigenvalue weighted by atomic mass is 9.85. The lowest BCUT2D eigenvalue weighted by Crippen LogP contribution is -2.32. The first-order valence-corrected chi connectivity index (χ1v) is 20.9. The topological polar surface area (TPSA) is 148 Å². The Morgan fingerprint density at radius 2 is 1.27 bits per heavy atom. The fraction of sp³-hybridized carbons (Fsp3) is 0.260. The van der Waals surface area contributed by atoms with Crippen LogP contribution in [0.4, 0.5) is 5.69 Å². The number of benzene rings is 4. The quantitative estimate of drug-likeness (QED) is 0.0753. The molecule has 0 aliphatic heterocycles. The standard InChI is InChI=1S/C50H46Cl2N4O7/c1-6-36-17-43(51)47(19-45(36)60-26-34-15-33(21-53)22-55-23-34)62-28-38-9-7-11-41(31(38)2)42-12-8-10-39(32(42)3)29-63-48-20-46(61-27-35-16-40(54-5)25-56-24-35)37(18-44(48)52)13-14-50(4,30-57)49(58)59/h7-12,15-20,22-25,57H,6,13-14,26-30H2,1-4H3,(H,58,59)/t50-/m0/s1. The largest absolute Gasteiger partial charge is 0.488 e. The Bertz CT molecular complexity index is 2710. The first-order chi connectivity index (χ1) is 30.4. The minimum absolute atomic E-state index is 0.0946. The van der Waals surface area contributed by atoms with Crippen molar-refractivity contribution in [2.75, 3.05) is 6.61 Å². The van der Waals surface area contributed by atoms with Gasteiger partial charge in [0.15, 0.2) is 0 Å². The number of pyridine rings is 2. The summed E-state index contributed by atoms with van der Waals surface area (Å²) in [6, 6.07) is 24.8. The van der Waals surface area contributed by atoms with E-state index in [1.165, 1.54) is 19.3 Å². The normalized spacial score (nSPS) is 11.8. The Kier molecular flexibility index (Phi) is 15.3. The number of aliphatic hydroxyl groups excluding tert-OH is 1. The van der Waals surface area contributed by atoms with E-state index in [1.54, 1.807) is 36.7 Å². The van der Waals surface area contributed by atoms with E-state index in [0.29, 0.717) is 61.8 Å². The molecule has 6 aromatic rings. The van der Waals surface area contributed by atoms with Gasteiger partial charge in [0.25, 0.3) is 0 Å². The van der Waals surface area contributed by atoms with Gasteiger partial charge in [-0.2, -0.15) is 5.26 Å². The number of hydrogen-bond donors (Lipinski definition) is 2. The Hall–Kier alpha value is -6.63. The number of aliphatic carboxylic acids is 1. The van der Waals surface area contributed by atoms with Crippen molar-refractivity contribution in [1.29, 1.82) is 5.26 Å². The number of carboxylic acid groups (broad SMARTS) is 1. The third-order valence-electron chi connectivity index (χ3n) is 11.0. The molecule has 0 radical (unpaired) electrons. The van der Waals surface area contributed by atoms with Gasteiger partial charge in [0, 0.05) is 42.5 Å². The van der Waals surface area contributed by atoms with Gasteiger partial charge in [-0.25, -0.2) is 4.85 Å². The molecule has 13 heteroatoms. The molecule has 0 aliphatic carbocycles. The fourth-order valence-corrected chi connectivity index (χ4v) is 7.40. The predicted molar refractivity (Wildman–Crippen MR) is 242 cm³/mol. The second kappa shape index (κ2) is 21.0. The summed E-state index contributed by atoms with van der Waals surface area (Å²) < 4.78 is 25.1. The van der Waals surface area contributed by atoms with Crippen molar-refractivity contribution in [2.24, 2.45) is 5.41 Å². The maximum absolute atomic E-state index is 11.9. The van der Waals surface area contributed by atoms with E-state index in [2.05, 4.69) is 39.9 Å². The van der Waals surface area contributed by atoms with Crippen molar-refractivity contribution in [2.45, 2.75) is 73.4 Å². The molecule has 322 valence electrons. The van der Waals surface area contributed by atoms with Crippen molar-refractivity contribution in [1.82, 2.24) is 9.97 Å². The van der Waals surface area contributed by atoms with Gasteiger partial charge < -0.3 is 29.2 Å². The Labute approximate surface area is 377 Å². The van der Waals surface area contributed by atoms with Crippen molar-refractivity contribution < 1.29 is 34.0 Å². The Balaban J connectivity index is 1.19. The number of hydrogen-bond acceptors (Lipinski definition) is 9. The number of nitriles is 1. The maximum Gasteiger partial charge on any atom is 0.311 e. The minimum Gasteiger partial charge on any atom is -0.488 e. The highest BCUT2D eigenvalue weighted by atomic mass is 35.5. The van der Waals surface area contributed by atoms with Crippen molar-refractivity contribution in [3.8, 4) is 40.2 Å². The van der Waals surface area contributed by atoms with Gasteiger partial charge in [0.2, 0.25) is 5.69 Å². The summed E-state index contributed by atoms with van der Waals surface area (Å²) in [6.45, 7) is 15.2. The van der Waals surface area contributed by atoms with Crippen LogP contribution in [0, 0.1) is 37.2 Å². The summed E-state index contributed by atoms with van der Waals surface area (Å²) in [5, 5.41) is 29.7. The van der Waals surface area contributed by atoms with Crippen LogP contribution in [-0.4, -0.2) is 32.8 Å². The second-order valence-electron chi connectivity index (χ2n) is 15.3. The fourth-order valence-electron chi connectivity index (χ4n) is 6.92. The first kappa shape index (κ1) is 45.9. The molecule has 0 saturated heterocycles. The number of aryl methyl sites for hydroxylation is 2. The molecule has 0 aliphatic rings. The number of rotatable bonds is 19. The number of carboxylic acids is 1. The lowest BCUT2D eigenvalue weighted by molar-refractivity contribution is -0.150. The predicted octanol–water partition coefficient (Wildman–Crippen LogP) is 11.4. The van der Waals surface area contributed by atoms with Crippen molar-refractivity contribution in [3.63, 3.8) is 0 Å². The SMILES string of the molecule is [C-]#[N+]c1cncc(COc2cc(OCc3cccc(-c4cccc(COc5cc(OCc6cncc(C#N)c6)c(CC)cc5Cl)c4C)c3C)c(Cl)cc2CC[C@@](C)(CO)C(=O)O)c1. The molecule has 0 bridgehead atoms. The average Bonchev–Trinajstić information content (AvgIpc) is 3.29. The molecule has 6 rings (SSSR count). The van der Waals surface area contributed by atoms with Crippen LogP contribution in [0.5, 0.6) is 23.0 Å². The average molecular weight is 886 g/mol. The number of ether oxygens (including phenoxy) is 4. The van der Waals surface area contributed by atoms with Crippen LogP contribution in [0.15, 0.2) is 97.6 Å². The van der Waals surface area contributed by atoms with Gasteiger partial charge in [-0.1, -0.05) is 66.5 Å². The first-order valence-electron chi connectivity index (χ1n) is 20.2. The number of aromatic nitrogens is 2. The van der Waals surface area contributed by atoms with E-state index in [0.717, 1.165) is 44.5 Å². The molecule has 0 fully saturated rings. The number of nitrogens with zero attached hydrogens (tertiary/aromatic N) is 4. The van der Waals surface area contributed by atoms with Crippen LogP contribution < -0.4 is 18.9 Å². The Morgan fingerprint density at radius 3 is 1.79 bits per heavy atom. The zero-order valence-electron chi connectivity index (χ0n) is 35.4. The minimum atomic E-state index is -1.36. The van der Waals surface area contributed by atoms with Gasteiger partial charge in [0.1, 0.15) is 55.5 Å². The summed E-state index contributed by atoms with van der Waals surface area (Å²) in [5.41, 5.74) is 8.54. The van der Waals surface area contributed by atoms with Gasteiger partial charge in [-0.05, 0) is 114 Å². The highest BCUT2D eigenvalue weighted by Gasteiger charge is 2.32. The molecule has 2 aromatic heterocycles. The maximum atomic E-state index is 11.9. The molecule has 0 saturated carbocycles. The van der Waals surface area contributed by atoms with Gasteiger partial charge in [-0.15, -0.1) is 0 Å². The molecule has 0 unspecified atom stereocenters. The lowest BCUT2D eigenvalue weighted by Gasteiger charge is -2.23. The molecule has 4 aromatic carbocycles.